The fourth-order valence-corrected chi connectivity index (χ4v) is 1.49. The second-order valence-corrected chi connectivity index (χ2v) is 3.87. The smallest absolute Gasteiger partial charge is 0.231 e. The molecule has 1 heterocycles. The summed E-state index contributed by atoms with van der Waals surface area (Å²) in [6, 6.07) is 6.10. The number of aromatic nitrogens is 2. The summed E-state index contributed by atoms with van der Waals surface area (Å²) in [4.78, 5) is 4.18. The van der Waals surface area contributed by atoms with Crippen molar-refractivity contribution < 1.29 is 8.91 Å². The largest absolute Gasteiger partial charge is 0.339 e. The van der Waals surface area contributed by atoms with Gasteiger partial charge in [-0.25, -0.2) is 4.39 Å². The van der Waals surface area contributed by atoms with E-state index in [0.29, 0.717) is 18.1 Å². The first kappa shape index (κ1) is 11.7. The fraction of sp³-hybridized carbons (Fsp3) is 0.333. The van der Waals surface area contributed by atoms with Gasteiger partial charge < -0.3 is 10.3 Å². The maximum atomic E-state index is 13.0. The van der Waals surface area contributed by atoms with Crippen molar-refractivity contribution in [3.8, 4) is 0 Å². The Kier molecular flexibility index (Phi) is 3.49. The van der Waals surface area contributed by atoms with Crippen molar-refractivity contribution >= 4 is 0 Å². The first-order valence-electron chi connectivity index (χ1n) is 5.51. The summed E-state index contributed by atoms with van der Waals surface area (Å²) in [5.74, 6) is 0.681. The van der Waals surface area contributed by atoms with Gasteiger partial charge in [-0.15, -0.1) is 0 Å². The van der Waals surface area contributed by atoms with E-state index >= 15 is 0 Å². The zero-order valence-corrected chi connectivity index (χ0v) is 9.56. The topological polar surface area (TPSA) is 64.9 Å². The summed E-state index contributed by atoms with van der Waals surface area (Å²) >= 11 is 0. The van der Waals surface area contributed by atoms with Crippen molar-refractivity contribution in [2.45, 2.75) is 25.8 Å². The number of nitrogens with zero attached hydrogens (tertiary/aromatic N) is 2. The molecule has 17 heavy (non-hydrogen) atoms. The average molecular weight is 235 g/mol. The highest BCUT2D eigenvalue weighted by molar-refractivity contribution is 5.19. The minimum absolute atomic E-state index is 0.208. The van der Waals surface area contributed by atoms with Gasteiger partial charge in [0.25, 0.3) is 0 Å². The third kappa shape index (κ3) is 2.88. The molecule has 5 heteroatoms. The van der Waals surface area contributed by atoms with E-state index in [-0.39, 0.29) is 11.9 Å². The molecule has 1 aromatic heterocycles. The van der Waals surface area contributed by atoms with Crippen molar-refractivity contribution in [3.63, 3.8) is 0 Å². The highest BCUT2D eigenvalue weighted by Gasteiger charge is 2.12. The monoisotopic (exact) mass is 235 g/mol. The van der Waals surface area contributed by atoms with Crippen LogP contribution in [0, 0.1) is 5.82 Å². The van der Waals surface area contributed by atoms with E-state index in [9.17, 15) is 4.39 Å². The van der Waals surface area contributed by atoms with Gasteiger partial charge >= 0.3 is 0 Å². The van der Waals surface area contributed by atoms with Crippen molar-refractivity contribution in [3.05, 3.63) is 47.4 Å². The number of rotatable bonds is 4. The molecule has 0 radical (unpaired) electrons. The Labute approximate surface area is 98.6 Å². The molecule has 0 saturated carbocycles. The first-order valence-corrected chi connectivity index (χ1v) is 5.51. The molecule has 1 atom stereocenters. The Bertz CT molecular complexity index is 498. The van der Waals surface area contributed by atoms with E-state index in [0.717, 1.165) is 12.0 Å². The lowest BCUT2D eigenvalue weighted by atomic mass is 10.1. The summed E-state index contributed by atoms with van der Waals surface area (Å²) in [6.45, 7) is 1.95. The molecule has 0 amide bonds. The van der Waals surface area contributed by atoms with E-state index in [1.54, 1.807) is 6.07 Å². The number of benzene rings is 1. The van der Waals surface area contributed by atoms with Gasteiger partial charge in [0.2, 0.25) is 5.89 Å². The predicted octanol–water partition coefficient (Wildman–Crippen LogP) is 2.21. The molecule has 0 saturated heterocycles. The summed E-state index contributed by atoms with van der Waals surface area (Å²) in [7, 11) is 0. The fourth-order valence-electron chi connectivity index (χ4n) is 1.49. The lowest BCUT2D eigenvalue weighted by Crippen LogP contribution is -2.10. The van der Waals surface area contributed by atoms with Crippen LogP contribution in [0.4, 0.5) is 4.39 Å². The molecule has 2 aromatic rings. The van der Waals surface area contributed by atoms with Crippen LogP contribution >= 0.6 is 0 Å². The molecule has 0 fully saturated rings. The molecular formula is C12H14FN3O. The Morgan fingerprint density at radius 1 is 1.47 bits per heavy atom. The van der Waals surface area contributed by atoms with E-state index in [4.69, 9.17) is 10.3 Å². The zero-order valence-electron chi connectivity index (χ0n) is 9.56. The van der Waals surface area contributed by atoms with Crippen molar-refractivity contribution in [2.75, 3.05) is 0 Å². The number of halogens is 1. The Morgan fingerprint density at radius 3 is 3.00 bits per heavy atom. The SMILES string of the molecule is CCC(N)c1noc(Cc2cccc(F)c2)n1. The summed E-state index contributed by atoms with van der Waals surface area (Å²) in [5, 5.41) is 3.80. The Morgan fingerprint density at radius 2 is 2.29 bits per heavy atom. The Hall–Kier alpha value is -1.75. The number of hydrogen-bond acceptors (Lipinski definition) is 4. The lowest BCUT2D eigenvalue weighted by molar-refractivity contribution is 0.375. The van der Waals surface area contributed by atoms with Gasteiger partial charge in [-0.3, -0.25) is 0 Å². The van der Waals surface area contributed by atoms with E-state index < -0.39 is 0 Å². The zero-order chi connectivity index (χ0) is 12.3. The van der Waals surface area contributed by atoms with Gasteiger partial charge in [0.15, 0.2) is 5.82 Å². The molecule has 2 N–H and O–H groups in total. The van der Waals surface area contributed by atoms with Crippen molar-refractivity contribution in [1.82, 2.24) is 10.1 Å². The standard InChI is InChI=1S/C12H14FN3O/c1-2-10(14)12-15-11(17-16-12)7-8-4-3-5-9(13)6-8/h3-6,10H,2,7,14H2,1H3. The van der Waals surface area contributed by atoms with Crippen molar-refractivity contribution in [2.24, 2.45) is 5.73 Å². The summed E-state index contributed by atoms with van der Waals surface area (Å²) in [5.41, 5.74) is 6.58. The first-order chi connectivity index (χ1) is 8.19. The lowest BCUT2D eigenvalue weighted by Gasteiger charge is -1.99. The van der Waals surface area contributed by atoms with Crippen LogP contribution in [0.2, 0.25) is 0 Å². The summed E-state index contributed by atoms with van der Waals surface area (Å²) < 4.78 is 18.0. The second kappa shape index (κ2) is 5.05. The van der Waals surface area contributed by atoms with Crippen LogP contribution in [0.5, 0.6) is 0 Å². The van der Waals surface area contributed by atoms with Crippen LogP contribution in [0.25, 0.3) is 0 Å². The van der Waals surface area contributed by atoms with Crippen LogP contribution in [0.15, 0.2) is 28.8 Å². The molecule has 0 spiro atoms. The average Bonchev–Trinajstić information content (AvgIpc) is 2.76. The molecule has 0 aliphatic carbocycles. The van der Waals surface area contributed by atoms with Crippen LogP contribution < -0.4 is 5.73 Å². The normalized spacial score (nSPS) is 12.6. The third-order valence-electron chi connectivity index (χ3n) is 2.50. The van der Waals surface area contributed by atoms with Crippen LogP contribution in [-0.2, 0) is 6.42 Å². The van der Waals surface area contributed by atoms with Gasteiger partial charge in [0, 0.05) is 0 Å². The molecule has 1 aromatic carbocycles. The Balaban J connectivity index is 2.11. The maximum absolute atomic E-state index is 13.0. The second-order valence-electron chi connectivity index (χ2n) is 3.87. The predicted molar refractivity (Wildman–Crippen MR) is 60.7 cm³/mol. The third-order valence-corrected chi connectivity index (χ3v) is 2.50. The maximum Gasteiger partial charge on any atom is 0.231 e. The number of nitrogens with two attached hydrogens (primary N) is 1. The van der Waals surface area contributed by atoms with Crippen molar-refractivity contribution in [1.29, 1.82) is 0 Å². The number of hydrogen-bond donors (Lipinski definition) is 1. The van der Waals surface area contributed by atoms with Gasteiger partial charge in [0.05, 0.1) is 12.5 Å². The highest BCUT2D eigenvalue weighted by Crippen LogP contribution is 2.13. The molecule has 0 aliphatic heterocycles. The van der Waals surface area contributed by atoms with Gasteiger partial charge in [-0.1, -0.05) is 24.2 Å². The molecule has 0 bridgehead atoms. The summed E-state index contributed by atoms with van der Waals surface area (Å²) in [6.07, 6.45) is 1.17. The van der Waals surface area contributed by atoms with Gasteiger partial charge in [0.1, 0.15) is 5.82 Å². The molecule has 4 nitrogen and oxygen atoms in total. The van der Waals surface area contributed by atoms with Gasteiger partial charge in [-0.05, 0) is 24.1 Å². The quantitative estimate of drug-likeness (QED) is 0.882. The molecule has 2 rings (SSSR count). The van der Waals surface area contributed by atoms with Gasteiger partial charge in [-0.2, -0.15) is 4.98 Å². The van der Waals surface area contributed by atoms with E-state index in [2.05, 4.69) is 10.1 Å². The van der Waals surface area contributed by atoms with E-state index in [1.807, 2.05) is 13.0 Å². The van der Waals surface area contributed by atoms with Crippen LogP contribution in [0.1, 0.15) is 36.7 Å². The molecular weight excluding hydrogens is 221 g/mol. The van der Waals surface area contributed by atoms with Crippen LogP contribution in [-0.4, -0.2) is 10.1 Å². The minimum Gasteiger partial charge on any atom is -0.339 e. The molecule has 90 valence electrons. The van der Waals surface area contributed by atoms with Crippen LogP contribution in [0.3, 0.4) is 0 Å². The van der Waals surface area contributed by atoms with E-state index in [1.165, 1.54) is 12.1 Å². The molecule has 1 unspecified atom stereocenters. The highest BCUT2D eigenvalue weighted by atomic mass is 19.1. The molecule has 0 aliphatic rings. The minimum atomic E-state index is -0.271.